The zero-order valence-corrected chi connectivity index (χ0v) is 11.6. The monoisotopic (exact) mass is 281 g/mol. The van der Waals surface area contributed by atoms with Crippen LogP contribution in [-0.2, 0) is 0 Å². The van der Waals surface area contributed by atoms with Crippen LogP contribution in [0.4, 0.5) is 0 Å². The molecule has 0 amide bonds. The number of hydrogen-bond donors (Lipinski definition) is 1. The first-order valence-electron chi connectivity index (χ1n) is 6.03. The highest BCUT2D eigenvalue weighted by Crippen LogP contribution is 2.30. The lowest BCUT2D eigenvalue weighted by Crippen LogP contribution is -2.28. The summed E-state index contributed by atoms with van der Waals surface area (Å²) in [5.41, 5.74) is 1.17. The van der Waals surface area contributed by atoms with Gasteiger partial charge in [0.1, 0.15) is 10.0 Å². The zero-order valence-electron chi connectivity index (χ0n) is 10.0. The van der Waals surface area contributed by atoms with Gasteiger partial charge in [-0.15, -0.1) is 22.6 Å². The number of halogens is 1. The summed E-state index contributed by atoms with van der Waals surface area (Å²) in [7, 11) is 0. The lowest BCUT2D eigenvalue weighted by atomic mass is 10.0. The molecule has 2 heterocycles. The molecule has 1 fully saturated rings. The summed E-state index contributed by atoms with van der Waals surface area (Å²) in [6.07, 6.45) is 2.47. The van der Waals surface area contributed by atoms with Crippen molar-refractivity contribution in [2.45, 2.75) is 18.8 Å². The fourth-order valence-electron chi connectivity index (χ4n) is 2.16. The Labute approximate surface area is 117 Å². The SMILES string of the molecule is Cl.c1ccc(-c2nnc(C3CCCNC3)s2)cc1. The van der Waals surface area contributed by atoms with Gasteiger partial charge >= 0.3 is 0 Å². The van der Waals surface area contributed by atoms with Crippen molar-refractivity contribution in [1.29, 1.82) is 0 Å². The maximum atomic E-state index is 4.34. The Hall–Kier alpha value is -0.970. The van der Waals surface area contributed by atoms with Gasteiger partial charge in [0.2, 0.25) is 0 Å². The van der Waals surface area contributed by atoms with Gasteiger partial charge < -0.3 is 5.32 Å². The molecule has 0 saturated carbocycles. The Morgan fingerprint density at radius 1 is 1.17 bits per heavy atom. The van der Waals surface area contributed by atoms with Crippen molar-refractivity contribution in [3.63, 3.8) is 0 Å². The molecular weight excluding hydrogens is 266 g/mol. The van der Waals surface area contributed by atoms with Crippen molar-refractivity contribution in [1.82, 2.24) is 15.5 Å². The minimum Gasteiger partial charge on any atom is -0.316 e. The van der Waals surface area contributed by atoms with E-state index < -0.39 is 0 Å². The lowest BCUT2D eigenvalue weighted by molar-refractivity contribution is 0.458. The van der Waals surface area contributed by atoms with Crippen molar-refractivity contribution >= 4 is 23.7 Å². The van der Waals surface area contributed by atoms with Crippen LogP contribution in [0.2, 0.25) is 0 Å². The van der Waals surface area contributed by atoms with E-state index in [0.29, 0.717) is 5.92 Å². The molecule has 3 rings (SSSR count). The predicted octanol–water partition coefficient (Wildman–Crippen LogP) is 3.09. The summed E-state index contributed by atoms with van der Waals surface area (Å²) in [6.45, 7) is 2.18. The number of hydrogen-bond acceptors (Lipinski definition) is 4. The smallest absolute Gasteiger partial charge is 0.147 e. The number of nitrogens with zero attached hydrogens (tertiary/aromatic N) is 2. The number of benzene rings is 1. The molecule has 0 aliphatic carbocycles. The highest BCUT2D eigenvalue weighted by molar-refractivity contribution is 7.14. The van der Waals surface area contributed by atoms with E-state index in [2.05, 4.69) is 27.6 Å². The number of aromatic nitrogens is 2. The van der Waals surface area contributed by atoms with Gasteiger partial charge in [-0.1, -0.05) is 41.7 Å². The van der Waals surface area contributed by atoms with E-state index in [4.69, 9.17) is 0 Å². The van der Waals surface area contributed by atoms with Crippen molar-refractivity contribution in [3.05, 3.63) is 35.3 Å². The largest absolute Gasteiger partial charge is 0.316 e. The molecule has 0 spiro atoms. The third kappa shape index (κ3) is 2.88. The van der Waals surface area contributed by atoms with Crippen LogP contribution in [0.5, 0.6) is 0 Å². The Morgan fingerprint density at radius 3 is 2.72 bits per heavy atom. The van der Waals surface area contributed by atoms with Crippen LogP contribution in [0, 0.1) is 0 Å². The fraction of sp³-hybridized carbons (Fsp3) is 0.385. The molecule has 18 heavy (non-hydrogen) atoms. The molecule has 1 aliphatic heterocycles. The molecule has 1 atom stereocenters. The molecule has 1 aromatic carbocycles. The third-order valence-corrected chi connectivity index (χ3v) is 4.24. The van der Waals surface area contributed by atoms with Crippen molar-refractivity contribution in [3.8, 4) is 10.6 Å². The molecule has 1 N–H and O–H groups in total. The van der Waals surface area contributed by atoms with E-state index in [-0.39, 0.29) is 12.4 Å². The van der Waals surface area contributed by atoms with Crippen LogP contribution in [-0.4, -0.2) is 23.3 Å². The lowest BCUT2D eigenvalue weighted by Gasteiger charge is -2.19. The molecule has 2 aromatic rings. The summed E-state index contributed by atoms with van der Waals surface area (Å²) in [5, 5.41) is 14.3. The van der Waals surface area contributed by atoms with E-state index in [9.17, 15) is 0 Å². The van der Waals surface area contributed by atoms with E-state index in [1.807, 2.05) is 18.2 Å². The van der Waals surface area contributed by atoms with Crippen molar-refractivity contribution in [2.24, 2.45) is 0 Å². The fourth-order valence-corrected chi connectivity index (χ4v) is 3.14. The van der Waals surface area contributed by atoms with E-state index in [1.54, 1.807) is 11.3 Å². The quantitative estimate of drug-likeness (QED) is 0.919. The van der Waals surface area contributed by atoms with Gasteiger partial charge in [-0.2, -0.15) is 0 Å². The first-order chi connectivity index (χ1) is 8.43. The molecule has 0 bridgehead atoms. The zero-order chi connectivity index (χ0) is 11.5. The van der Waals surface area contributed by atoms with E-state index in [1.165, 1.54) is 23.4 Å². The van der Waals surface area contributed by atoms with Crippen LogP contribution in [0.3, 0.4) is 0 Å². The molecule has 1 saturated heterocycles. The number of piperidine rings is 1. The Bertz CT molecular complexity index is 480. The summed E-state index contributed by atoms with van der Waals surface area (Å²) in [4.78, 5) is 0. The van der Waals surface area contributed by atoms with Crippen molar-refractivity contribution < 1.29 is 0 Å². The minimum absolute atomic E-state index is 0. The maximum absolute atomic E-state index is 4.34. The molecule has 0 radical (unpaired) electrons. The van der Waals surface area contributed by atoms with Gasteiger partial charge in [0.15, 0.2) is 0 Å². The second-order valence-corrected chi connectivity index (χ2v) is 5.36. The van der Waals surface area contributed by atoms with Crippen LogP contribution in [0.1, 0.15) is 23.8 Å². The van der Waals surface area contributed by atoms with Gasteiger partial charge in [-0.25, -0.2) is 0 Å². The summed E-state index contributed by atoms with van der Waals surface area (Å²) >= 11 is 1.73. The normalized spacial score (nSPS) is 19.2. The first kappa shape index (κ1) is 13.5. The highest BCUT2D eigenvalue weighted by atomic mass is 35.5. The van der Waals surface area contributed by atoms with Gasteiger partial charge in [0, 0.05) is 18.0 Å². The molecular formula is C13H16ClN3S. The Kier molecular flexibility index (Phi) is 4.69. The van der Waals surface area contributed by atoms with E-state index >= 15 is 0 Å². The van der Waals surface area contributed by atoms with Crippen LogP contribution in [0.15, 0.2) is 30.3 Å². The molecule has 3 nitrogen and oxygen atoms in total. The highest BCUT2D eigenvalue weighted by Gasteiger charge is 2.19. The van der Waals surface area contributed by atoms with Crippen LogP contribution >= 0.6 is 23.7 Å². The third-order valence-electron chi connectivity index (χ3n) is 3.11. The number of nitrogens with one attached hydrogen (secondary N) is 1. The van der Waals surface area contributed by atoms with Crippen LogP contribution < -0.4 is 5.32 Å². The molecule has 1 aromatic heterocycles. The summed E-state index contributed by atoms with van der Waals surface area (Å²) < 4.78 is 0. The second-order valence-electron chi connectivity index (χ2n) is 4.35. The van der Waals surface area contributed by atoms with Gasteiger partial charge in [-0.05, 0) is 19.4 Å². The molecule has 1 unspecified atom stereocenters. The van der Waals surface area contributed by atoms with Crippen molar-refractivity contribution in [2.75, 3.05) is 13.1 Å². The molecule has 1 aliphatic rings. The predicted molar refractivity (Wildman–Crippen MR) is 77.4 cm³/mol. The van der Waals surface area contributed by atoms with Crippen LogP contribution in [0.25, 0.3) is 10.6 Å². The van der Waals surface area contributed by atoms with Gasteiger partial charge in [-0.3, -0.25) is 0 Å². The minimum atomic E-state index is 0. The molecule has 5 heteroatoms. The van der Waals surface area contributed by atoms with Gasteiger partial charge in [0.05, 0.1) is 0 Å². The Balaban J connectivity index is 0.00000120. The topological polar surface area (TPSA) is 37.8 Å². The van der Waals surface area contributed by atoms with Gasteiger partial charge in [0.25, 0.3) is 0 Å². The Morgan fingerprint density at radius 2 is 2.00 bits per heavy atom. The maximum Gasteiger partial charge on any atom is 0.147 e. The summed E-state index contributed by atoms with van der Waals surface area (Å²) in [6, 6.07) is 10.3. The summed E-state index contributed by atoms with van der Waals surface area (Å²) in [5.74, 6) is 0.554. The molecule has 96 valence electrons. The second kappa shape index (κ2) is 6.27. The average molecular weight is 282 g/mol. The first-order valence-corrected chi connectivity index (χ1v) is 6.84. The number of rotatable bonds is 2. The average Bonchev–Trinajstić information content (AvgIpc) is 2.90. The van der Waals surface area contributed by atoms with E-state index in [0.717, 1.165) is 18.1 Å². The standard InChI is InChI=1S/C13H15N3S.ClH/c1-2-5-10(6-3-1)12-15-16-13(17-12)11-7-4-8-14-9-11;/h1-3,5-6,11,14H,4,7-9H2;1H.